The van der Waals surface area contributed by atoms with Gasteiger partial charge in [0.15, 0.2) is 0 Å². The summed E-state index contributed by atoms with van der Waals surface area (Å²) in [5.41, 5.74) is 1.92. The zero-order valence-electron chi connectivity index (χ0n) is 12.3. The van der Waals surface area contributed by atoms with Crippen molar-refractivity contribution in [1.29, 1.82) is 0 Å². The van der Waals surface area contributed by atoms with E-state index < -0.39 is 0 Å². The number of hydrogen-bond donors (Lipinski definition) is 0. The number of anilines is 1. The lowest BCUT2D eigenvalue weighted by molar-refractivity contribution is -0.132. The summed E-state index contributed by atoms with van der Waals surface area (Å²) < 4.78 is 0. The number of hydrogen-bond acceptors (Lipinski definition) is 4. The topological polar surface area (TPSA) is 49.3 Å². The summed E-state index contributed by atoms with van der Waals surface area (Å²) in [6, 6.07) is 0. The van der Waals surface area contributed by atoms with Gasteiger partial charge < -0.3 is 9.80 Å². The number of rotatable bonds is 2. The predicted molar refractivity (Wildman–Crippen MR) is 77.6 cm³/mol. The van der Waals surface area contributed by atoms with Gasteiger partial charge in [-0.05, 0) is 33.1 Å². The minimum Gasteiger partial charge on any atom is -0.353 e. The Balaban J connectivity index is 1.70. The van der Waals surface area contributed by atoms with Crippen LogP contribution in [0.4, 0.5) is 5.82 Å². The molecular formula is C15H22N4O. The van der Waals surface area contributed by atoms with Crippen molar-refractivity contribution >= 4 is 11.7 Å². The number of aromatic nitrogens is 2. The van der Waals surface area contributed by atoms with Gasteiger partial charge in [-0.3, -0.25) is 9.78 Å². The Morgan fingerprint density at radius 1 is 1.20 bits per heavy atom. The number of carbonyl (C=O) groups excluding carboxylic acids is 1. The lowest BCUT2D eigenvalue weighted by atomic mass is 10.3. The Morgan fingerprint density at radius 3 is 2.75 bits per heavy atom. The molecule has 1 aliphatic carbocycles. The summed E-state index contributed by atoms with van der Waals surface area (Å²) in [5, 5.41) is 0. The number of carbonyl (C=O) groups is 1. The summed E-state index contributed by atoms with van der Waals surface area (Å²) in [6.45, 7) is 7.47. The molecule has 1 saturated heterocycles. The van der Waals surface area contributed by atoms with Gasteiger partial charge in [-0.25, -0.2) is 4.98 Å². The highest BCUT2D eigenvalue weighted by Crippen LogP contribution is 2.31. The maximum absolute atomic E-state index is 12.2. The zero-order chi connectivity index (χ0) is 14.1. The molecule has 108 valence electrons. The third-order valence-corrected chi connectivity index (χ3v) is 4.08. The quantitative estimate of drug-likeness (QED) is 0.821. The van der Waals surface area contributed by atoms with Crippen molar-refractivity contribution in [2.24, 2.45) is 5.92 Å². The molecule has 0 radical (unpaired) electrons. The van der Waals surface area contributed by atoms with Gasteiger partial charge in [0.05, 0.1) is 11.4 Å². The molecule has 1 aliphatic heterocycles. The highest BCUT2D eigenvalue weighted by atomic mass is 16.2. The third kappa shape index (κ3) is 2.76. The van der Waals surface area contributed by atoms with Crippen LogP contribution in [0.15, 0.2) is 6.20 Å². The number of aryl methyl sites for hydroxylation is 2. The molecule has 5 nitrogen and oxygen atoms in total. The molecule has 1 saturated carbocycles. The molecule has 0 spiro atoms. The van der Waals surface area contributed by atoms with E-state index in [-0.39, 0.29) is 0 Å². The molecule has 20 heavy (non-hydrogen) atoms. The van der Waals surface area contributed by atoms with Gasteiger partial charge in [-0.15, -0.1) is 0 Å². The van der Waals surface area contributed by atoms with Gasteiger partial charge in [0.1, 0.15) is 5.82 Å². The molecule has 5 heteroatoms. The van der Waals surface area contributed by atoms with Crippen LogP contribution in [0.2, 0.25) is 0 Å². The van der Waals surface area contributed by atoms with Crippen molar-refractivity contribution in [2.45, 2.75) is 33.1 Å². The fraction of sp³-hybridized carbons (Fsp3) is 0.667. The Morgan fingerprint density at radius 2 is 2.00 bits per heavy atom. The number of nitrogens with zero attached hydrogens (tertiary/aromatic N) is 4. The number of amides is 1. The molecule has 1 aromatic rings. The maximum Gasteiger partial charge on any atom is 0.225 e. The first-order chi connectivity index (χ1) is 9.65. The van der Waals surface area contributed by atoms with E-state index in [0.29, 0.717) is 11.8 Å². The Labute approximate surface area is 120 Å². The Kier molecular flexibility index (Phi) is 3.59. The van der Waals surface area contributed by atoms with Gasteiger partial charge in [-0.2, -0.15) is 0 Å². The zero-order valence-corrected chi connectivity index (χ0v) is 12.3. The van der Waals surface area contributed by atoms with Crippen LogP contribution in [0.5, 0.6) is 0 Å². The molecule has 0 unspecified atom stereocenters. The van der Waals surface area contributed by atoms with E-state index in [2.05, 4.69) is 14.9 Å². The van der Waals surface area contributed by atoms with Crippen LogP contribution in [0.3, 0.4) is 0 Å². The van der Waals surface area contributed by atoms with Crippen molar-refractivity contribution in [2.75, 3.05) is 31.1 Å². The second kappa shape index (κ2) is 5.38. The van der Waals surface area contributed by atoms with E-state index >= 15 is 0 Å². The summed E-state index contributed by atoms with van der Waals surface area (Å²) in [4.78, 5) is 25.5. The SMILES string of the molecule is Cc1cnc(C)c(N2CCCN(C(=O)C3CC3)CC2)n1. The second-order valence-electron chi connectivity index (χ2n) is 5.86. The molecule has 0 aromatic carbocycles. The lowest BCUT2D eigenvalue weighted by Gasteiger charge is -2.24. The molecule has 0 bridgehead atoms. The minimum absolute atomic E-state index is 0.321. The standard InChI is InChI=1S/C15H22N4O/c1-11-10-16-12(2)14(17-11)18-6-3-7-19(9-8-18)15(20)13-4-5-13/h10,13H,3-9H2,1-2H3. The summed E-state index contributed by atoms with van der Waals surface area (Å²) in [5.74, 6) is 1.66. The lowest BCUT2D eigenvalue weighted by Crippen LogP contribution is -2.36. The first-order valence-electron chi connectivity index (χ1n) is 7.49. The second-order valence-corrected chi connectivity index (χ2v) is 5.86. The van der Waals surface area contributed by atoms with Crippen LogP contribution >= 0.6 is 0 Å². The third-order valence-electron chi connectivity index (χ3n) is 4.08. The fourth-order valence-electron chi connectivity index (χ4n) is 2.76. The summed E-state index contributed by atoms with van der Waals surface area (Å²) in [6.07, 6.45) is 4.98. The average Bonchev–Trinajstić information content (AvgIpc) is 3.27. The van der Waals surface area contributed by atoms with Gasteiger partial charge in [0.2, 0.25) is 5.91 Å². The first kappa shape index (κ1) is 13.3. The molecule has 2 aliphatic rings. The van der Waals surface area contributed by atoms with E-state index in [4.69, 9.17) is 0 Å². The smallest absolute Gasteiger partial charge is 0.225 e. The minimum atomic E-state index is 0.321. The maximum atomic E-state index is 12.2. The average molecular weight is 274 g/mol. The molecule has 0 N–H and O–H groups in total. The largest absolute Gasteiger partial charge is 0.353 e. The fourth-order valence-corrected chi connectivity index (χ4v) is 2.76. The van der Waals surface area contributed by atoms with Gasteiger partial charge in [-0.1, -0.05) is 0 Å². The molecule has 1 amide bonds. The Hall–Kier alpha value is -1.65. The van der Waals surface area contributed by atoms with E-state index in [0.717, 1.165) is 62.6 Å². The molecule has 2 fully saturated rings. The Bertz CT molecular complexity index is 513. The summed E-state index contributed by atoms with van der Waals surface area (Å²) in [7, 11) is 0. The van der Waals surface area contributed by atoms with Gasteiger partial charge >= 0.3 is 0 Å². The highest BCUT2D eigenvalue weighted by Gasteiger charge is 2.34. The van der Waals surface area contributed by atoms with Gasteiger partial charge in [0.25, 0.3) is 0 Å². The molecule has 0 atom stereocenters. The van der Waals surface area contributed by atoms with Gasteiger partial charge in [0, 0.05) is 38.3 Å². The monoisotopic (exact) mass is 274 g/mol. The van der Waals surface area contributed by atoms with Crippen LogP contribution in [0.25, 0.3) is 0 Å². The van der Waals surface area contributed by atoms with Crippen molar-refractivity contribution in [1.82, 2.24) is 14.9 Å². The van der Waals surface area contributed by atoms with Crippen LogP contribution in [-0.4, -0.2) is 47.0 Å². The normalized spacial score (nSPS) is 19.9. The van der Waals surface area contributed by atoms with Crippen LogP contribution < -0.4 is 4.90 Å². The van der Waals surface area contributed by atoms with Crippen LogP contribution in [-0.2, 0) is 4.79 Å². The molecule has 3 rings (SSSR count). The van der Waals surface area contributed by atoms with Crippen LogP contribution in [0.1, 0.15) is 30.7 Å². The van der Waals surface area contributed by atoms with Crippen molar-refractivity contribution in [3.8, 4) is 0 Å². The van der Waals surface area contributed by atoms with E-state index in [9.17, 15) is 4.79 Å². The van der Waals surface area contributed by atoms with E-state index in [1.54, 1.807) is 6.20 Å². The van der Waals surface area contributed by atoms with E-state index in [1.807, 2.05) is 18.7 Å². The summed E-state index contributed by atoms with van der Waals surface area (Å²) >= 11 is 0. The van der Waals surface area contributed by atoms with Crippen LogP contribution in [0, 0.1) is 19.8 Å². The van der Waals surface area contributed by atoms with Crippen molar-refractivity contribution in [3.63, 3.8) is 0 Å². The highest BCUT2D eigenvalue weighted by molar-refractivity contribution is 5.81. The predicted octanol–water partition coefficient (Wildman–Crippen LogP) is 1.54. The first-order valence-corrected chi connectivity index (χ1v) is 7.49. The van der Waals surface area contributed by atoms with E-state index in [1.165, 1.54) is 0 Å². The molecular weight excluding hydrogens is 252 g/mol. The van der Waals surface area contributed by atoms with Crippen molar-refractivity contribution < 1.29 is 4.79 Å². The molecule has 1 aromatic heterocycles. The molecule has 2 heterocycles. The van der Waals surface area contributed by atoms with Crippen molar-refractivity contribution in [3.05, 3.63) is 17.6 Å².